The van der Waals surface area contributed by atoms with Crippen LogP contribution in [0.1, 0.15) is 61.4 Å². The number of hydrogen-bond donors (Lipinski definition) is 3. The van der Waals surface area contributed by atoms with Crippen molar-refractivity contribution in [2.24, 2.45) is 5.73 Å². The number of aromatic nitrogens is 2. The predicted octanol–water partition coefficient (Wildman–Crippen LogP) is 3.26. The van der Waals surface area contributed by atoms with Crippen LogP contribution in [0.3, 0.4) is 0 Å². The van der Waals surface area contributed by atoms with Crippen LogP contribution in [0.25, 0.3) is 0 Å². The summed E-state index contributed by atoms with van der Waals surface area (Å²) >= 11 is 6.26. The minimum Gasteiger partial charge on any atom is -0.365 e. The second-order valence-electron chi connectivity index (χ2n) is 8.59. The maximum absolute atomic E-state index is 12.2. The van der Waals surface area contributed by atoms with Gasteiger partial charge >= 0.3 is 0 Å². The highest BCUT2D eigenvalue weighted by molar-refractivity contribution is 6.33. The summed E-state index contributed by atoms with van der Waals surface area (Å²) < 4.78 is 0. The molecule has 0 bridgehead atoms. The highest BCUT2D eigenvalue weighted by Crippen LogP contribution is 2.40. The molecule has 0 spiro atoms. The van der Waals surface area contributed by atoms with Crippen LogP contribution in [0.15, 0.2) is 24.5 Å². The van der Waals surface area contributed by atoms with Gasteiger partial charge in [-0.2, -0.15) is 5.26 Å². The van der Waals surface area contributed by atoms with Crippen molar-refractivity contribution in [1.29, 1.82) is 5.26 Å². The van der Waals surface area contributed by atoms with E-state index in [1.165, 1.54) is 18.5 Å². The highest BCUT2D eigenvalue weighted by Gasteiger charge is 2.38. The molecule has 0 saturated heterocycles. The predicted molar refractivity (Wildman–Crippen MR) is 125 cm³/mol. The molecule has 2 saturated carbocycles. The number of carbonyl (C=O) groups is 2. The molecule has 2 heterocycles. The van der Waals surface area contributed by atoms with E-state index in [-0.39, 0.29) is 18.0 Å². The zero-order valence-corrected chi connectivity index (χ0v) is 19.1. The van der Waals surface area contributed by atoms with Crippen LogP contribution in [-0.2, 0) is 4.79 Å². The number of anilines is 3. The van der Waals surface area contributed by atoms with Crippen molar-refractivity contribution < 1.29 is 9.59 Å². The van der Waals surface area contributed by atoms with Gasteiger partial charge in [0.1, 0.15) is 17.7 Å². The van der Waals surface area contributed by atoms with E-state index in [0.717, 1.165) is 44.2 Å². The summed E-state index contributed by atoms with van der Waals surface area (Å²) in [7, 11) is 0. The Balaban J connectivity index is 1.61. The van der Waals surface area contributed by atoms with E-state index in [4.69, 9.17) is 22.6 Å². The normalized spacial score (nSPS) is 19.9. The molecule has 33 heavy (non-hydrogen) atoms. The Kier molecular flexibility index (Phi) is 6.65. The molecule has 2 fully saturated rings. The Morgan fingerprint density at radius 2 is 1.79 bits per heavy atom. The second kappa shape index (κ2) is 9.63. The zero-order valence-electron chi connectivity index (χ0n) is 18.3. The molecule has 2 aliphatic carbocycles. The number of rotatable bonds is 7. The molecule has 0 unspecified atom stereocenters. The number of primary amides is 1. The van der Waals surface area contributed by atoms with Crippen LogP contribution in [0.4, 0.5) is 17.3 Å². The topological polar surface area (TPSA) is 137 Å². The summed E-state index contributed by atoms with van der Waals surface area (Å²) in [5, 5.41) is 15.4. The van der Waals surface area contributed by atoms with Gasteiger partial charge in [0.2, 0.25) is 5.91 Å². The molecule has 172 valence electrons. The Hall–Kier alpha value is -3.38. The molecule has 2 aromatic rings. The second-order valence-corrected chi connectivity index (χ2v) is 8.99. The van der Waals surface area contributed by atoms with Gasteiger partial charge in [0.25, 0.3) is 5.91 Å². The first-order valence-corrected chi connectivity index (χ1v) is 11.4. The molecule has 4 rings (SSSR count). The number of hydrogen-bond acceptors (Lipinski definition) is 7. The van der Waals surface area contributed by atoms with Crippen molar-refractivity contribution in [3.05, 3.63) is 40.7 Å². The lowest BCUT2D eigenvalue weighted by Crippen LogP contribution is -2.45. The molecule has 2 aliphatic rings. The number of nitrogens with two attached hydrogens (primary N) is 1. The van der Waals surface area contributed by atoms with Crippen molar-refractivity contribution in [3.63, 3.8) is 0 Å². The van der Waals surface area contributed by atoms with Gasteiger partial charge in [0.05, 0.1) is 21.8 Å². The summed E-state index contributed by atoms with van der Waals surface area (Å²) in [5.74, 6) is 0.311. The smallest absolute Gasteiger partial charge is 0.252 e. The number of nitrogens with one attached hydrogen (secondary N) is 2. The van der Waals surface area contributed by atoms with Crippen LogP contribution in [-0.4, -0.2) is 39.9 Å². The monoisotopic (exact) mass is 467 g/mol. The third-order valence-corrected chi connectivity index (χ3v) is 6.37. The first-order valence-electron chi connectivity index (χ1n) is 11.0. The fourth-order valence-corrected chi connectivity index (χ4v) is 4.67. The Bertz CT molecular complexity index is 1100. The lowest BCUT2D eigenvalue weighted by atomic mass is 9.89. The van der Waals surface area contributed by atoms with E-state index in [0.29, 0.717) is 33.8 Å². The molecule has 0 radical (unpaired) electrons. The molecular weight excluding hydrogens is 442 g/mol. The third kappa shape index (κ3) is 5.34. The van der Waals surface area contributed by atoms with Gasteiger partial charge in [-0.15, -0.1) is 0 Å². The van der Waals surface area contributed by atoms with Crippen LogP contribution < -0.4 is 21.3 Å². The zero-order chi connectivity index (χ0) is 23.5. The van der Waals surface area contributed by atoms with Crippen LogP contribution in [0, 0.1) is 11.3 Å². The van der Waals surface area contributed by atoms with E-state index in [1.807, 2.05) is 12.1 Å². The molecule has 0 aromatic carbocycles. The van der Waals surface area contributed by atoms with E-state index in [1.54, 1.807) is 6.92 Å². The van der Waals surface area contributed by atoms with E-state index >= 15 is 0 Å². The van der Waals surface area contributed by atoms with Gasteiger partial charge < -0.3 is 21.3 Å². The number of carbonyl (C=O) groups excluding carboxylic acids is 2. The molecule has 0 aliphatic heterocycles. The molecule has 2 aromatic heterocycles. The summed E-state index contributed by atoms with van der Waals surface area (Å²) in [4.78, 5) is 34.5. The first-order chi connectivity index (χ1) is 15.9. The SMILES string of the molecule is CC(=O)NC1CCC(N(c2cc(Nc3ncc(C#N)cc3Cl)ncc2C(N)=O)C2CC2)CC1. The molecule has 10 heteroatoms. The largest absolute Gasteiger partial charge is 0.365 e. The number of nitriles is 1. The molecule has 0 atom stereocenters. The summed E-state index contributed by atoms with van der Waals surface area (Å²) in [5.41, 5.74) is 7.18. The van der Waals surface area contributed by atoms with Crippen molar-refractivity contribution in [3.8, 4) is 6.07 Å². The highest BCUT2D eigenvalue weighted by atomic mass is 35.5. The molecule has 2 amide bonds. The van der Waals surface area contributed by atoms with E-state index in [2.05, 4.69) is 25.5 Å². The van der Waals surface area contributed by atoms with Gasteiger partial charge in [-0.05, 0) is 44.6 Å². The summed E-state index contributed by atoms with van der Waals surface area (Å²) in [6, 6.07) is 6.12. The molecule has 4 N–H and O–H groups in total. The van der Waals surface area contributed by atoms with Gasteiger partial charge in [-0.1, -0.05) is 11.6 Å². The summed E-state index contributed by atoms with van der Waals surface area (Å²) in [6.07, 6.45) is 8.62. The van der Waals surface area contributed by atoms with Crippen LogP contribution >= 0.6 is 11.6 Å². The van der Waals surface area contributed by atoms with Crippen molar-refractivity contribution in [2.45, 2.75) is 63.6 Å². The van der Waals surface area contributed by atoms with Crippen molar-refractivity contribution in [1.82, 2.24) is 15.3 Å². The van der Waals surface area contributed by atoms with E-state index < -0.39 is 5.91 Å². The fourth-order valence-electron chi connectivity index (χ4n) is 4.46. The minimum atomic E-state index is -0.531. The average Bonchev–Trinajstić information content (AvgIpc) is 3.61. The van der Waals surface area contributed by atoms with Gasteiger partial charge in [0, 0.05) is 43.5 Å². The van der Waals surface area contributed by atoms with Gasteiger partial charge in [-0.3, -0.25) is 9.59 Å². The van der Waals surface area contributed by atoms with Crippen molar-refractivity contribution in [2.75, 3.05) is 10.2 Å². The van der Waals surface area contributed by atoms with Crippen LogP contribution in [0.2, 0.25) is 5.02 Å². The first kappa shape index (κ1) is 22.8. The minimum absolute atomic E-state index is 0.00608. The number of amides is 2. The standard InChI is InChI=1S/C23H26ClN7O2/c1-13(32)29-15-2-4-16(5-3-15)31(17-6-7-17)20-9-21(27-12-18(20)22(26)33)30-23-19(24)8-14(10-25)11-28-23/h8-9,11-12,15-17H,2-7H2,1H3,(H2,26,33)(H,29,32)(H,27,28,30). The Labute approximate surface area is 197 Å². The molecule has 9 nitrogen and oxygen atoms in total. The lowest BCUT2D eigenvalue weighted by molar-refractivity contribution is -0.119. The Morgan fingerprint density at radius 1 is 1.12 bits per heavy atom. The Morgan fingerprint density at radius 3 is 2.33 bits per heavy atom. The number of nitrogens with zero attached hydrogens (tertiary/aromatic N) is 4. The van der Waals surface area contributed by atoms with Gasteiger partial charge in [0.15, 0.2) is 0 Å². The molecular formula is C23H26ClN7O2. The summed E-state index contributed by atoms with van der Waals surface area (Å²) in [6.45, 7) is 1.54. The lowest BCUT2D eigenvalue weighted by Gasteiger charge is -2.39. The van der Waals surface area contributed by atoms with Crippen molar-refractivity contribution >= 4 is 40.7 Å². The van der Waals surface area contributed by atoms with E-state index in [9.17, 15) is 9.59 Å². The maximum atomic E-state index is 12.2. The van der Waals surface area contributed by atoms with Gasteiger partial charge in [-0.25, -0.2) is 9.97 Å². The van der Waals surface area contributed by atoms with Crippen LogP contribution in [0.5, 0.6) is 0 Å². The maximum Gasteiger partial charge on any atom is 0.252 e. The number of halogens is 1. The quantitative estimate of drug-likeness (QED) is 0.568. The number of pyridine rings is 2. The average molecular weight is 468 g/mol. The fraction of sp³-hybridized carbons (Fsp3) is 0.435. The third-order valence-electron chi connectivity index (χ3n) is 6.08.